The quantitative estimate of drug-likeness (QED) is 0.491. The Kier molecular flexibility index (Phi) is 8.25. The zero-order valence-corrected chi connectivity index (χ0v) is 21.0. The minimum absolute atomic E-state index is 0.00902. The van der Waals surface area contributed by atoms with Crippen molar-refractivity contribution >= 4 is 11.8 Å². The predicted molar refractivity (Wildman–Crippen MR) is 133 cm³/mol. The molecule has 2 amide bonds. The third kappa shape index (κ3) is 6.75. The Morgan fingerprint density at radius 2 is 2.03 bits per heavy atom. The minimum atomic E-state index is -2.94. The molecule has 1 unspecified atom stereocenters. The van der Waals surface area contributed by atoms with Crippen molar-refractivity contribution in [2.45, 2.75) is 44.4 Å². The first-order valence-electron chi connectivity index (χ1n) is 12.3. The van der Waals surface area contributed by atoms with E-state index in [1.165, 1.54) is 11.0 Å². The first-order chi connectivity index (χ1) is 17.7. The highest BCUT2D eigenvalue weighted by Crippen LogP contribution is 2.39. The van der Waals surface area contributed by atoms with Gasteiger partial charge in [0, 0.05) is 26.6 Å². The van der Waals surface area contributed by atoms with Gasteiger partial charge in [-0.15, -0.1) is 0 Å². The highest BCUT2D eigenvalue weighted by molar-refractivity contribution is 5.91. The molecule has 0 spiro atoms. The highest BCUT2D eigenvalue weighted by atomic mass is 19.3. The molecule has 0 radical (unpaired) electrons. The summed E-state index contributed by atoms with van der Waals surface area (Å²) in [4.78, 5) is 32.9. The number of alkyl halides is 2. The van der Waals surface area contributed by atoms with Crippen LogP contribution in [-0.2, 0) is 11.3 Å². The molecule has 1 aliphatic carbocycles. The number of halogens is 2. The van der Waals surface area contributed by atoms with Crippen LogP contribution in [0.4, 0.5) is 8.78 Å². The van der Waals surface area contributed by atoms with Gasteiger partial charge < -0.3 is 24.6 Å². The van der Waals surface area contributed by atoms with Gasteiger partial charge in [-0.1, -0.05) is 18.7 Å². The van der Waals surface area contributed by atoms with E-state index in [0.29, 0.717) is 42.6 Å². The van der Waals surface area contributed by atoms with Crippen LogP contribution in [0.3, 0.4) is 0 Å². The lowest BCUT2D eigenvalue weighted by Gasteiger charge is -2.21. The van der Waals surface area contributed by atoms with Gasteiger partial charge in [-0.25, -0.2) is 4.98 Å². The number of hydrogen-bond acceptors (Lipinski definition) is 6. The van der Waals surface area contributed by atoms with Crippen LogP contribution in [0.5, 0.6) is 11.5 Å². The van der Waals surface area contributed by atoms with Crippen LogP contribution < -0.4 is 14.8 Å². The molecule has 1 saturated carbocycles. The number of amides is 2. The van der Waals surface area contributed by atoms with Crippen LogP contribution in [0.25, 0.3) is 0 Å². The summed E-state index contributed by atoms with van der Waals surface area (Å²) in [7, 11) is 3.31. The maximum absolute atomic E-state index is 13.1. The Balaban J connectivity index is 1.42. The molecule has 1 saturated heterocycles. The van der Waals surface area contributed by atoms with Crippen molar-refractivity contribution in [2.75, 3.05) is 27.2 Å². The van der Waals surface area contributed by atoms with Crippen LogP contribution in [0.1, 0.15) is 46.9 Å². The summed E-state index contributed by atoms with van der Waals surface area (Å²) in [5.74, 6) is 0.328. The van der Waals surface area contributed by atoms with Gasteiger partial charge in [0.05, 0.1) is 18.8 Å². The summed E-state index contributed by atoms with van der Waals surface area (Å²) in [6, 6.07) is 9.65. The number of nitrogens with zero attached hydrogens (tertiary/aromatic N) is 3. The van der Waals surface area contributed by atoms with E-state index in [4.69, 9.17) is 4.74 Å². The molecule has 2 atom stereocenters. The second-order valence-electron chi connectivity index (χ2n) is 9.60. The van der Waals surface area contributed by atoms with Crippen molar-refractivity contribution in [3.8, 4) is 11.5 Å². The molecule has 2 aliphatic rings. The molecule has 1 aromatic heterocycles. The molecule has 1 N–H and O–H groups in total. The number of rotatable bonds is 11. The maximum Gasteiger partial charge on any atom is 0.387 e. The van der Waals surface area contributed by atoms with Gasteiger partial charge >= 0.3 is 6.61 Å². The molecule has 1 aromatic carbocycles. The van der Waals surface area contributed by atoms with E-state index in [2.05, 4.69) is 21.6 Å². The first kappa shape index (κ1) is 26.4. The lowest BCUT2D eigenvalue weighted by molar-refractivity contribution is -0.124. The van der Waals surface area contributed by atoms with E-state index in [1.807, 2.05) is 4.90 Å². The number of nitrogens with one attached hydrogen (secondary N) is 1. The van der Waals surface area contributed by atoms with Crippen LogP contribution in [-0.4, -0.2) is 66.5 Å². The van der Waals surface area contributed by atoms with Crippen molar-refractivity contribution < 1.29 is 27.8 Å². The van der Waals surface area contributed by atoms with Gasteiger partial charge in [0.2, 0.25) is 5.91 Å². The van der Waals surface area contributed by atoms with Crippen LogP contribution >= 0.6 is 0 Å². The van der Waals surface area contributed by atoms with Gasteiger partial charge in [0.15, 0.2) is 11.5 Å². The van der Waals surface area contributed by atoms with Gasteiger partial charge in [0.1, 0.15) is 11.7 Å². The molecule has 2 fully saturated rings. The van der Waals surface area contributed by atoms with Crippen molar-refractivity contribution in [1.29, 1.82) is 0 Å². The van der Waals surface area contributed by atoms with E-state index in [9.17, 15) is 18.4 Å². The number of carbonyl (C=O) groups excluding carboxylic acids is 2. The summed E-state index contributed by atoms with van der Waals surface area (Å²) < 4.78 is 36.2. The number of carbonyl (C=O) groups is 2. The second kappa shape index (κ2) is 11.6. The van der Waals surface area contributed by atoms with Crippen LogP contribution in [0.15, 0.2) is 49.2 Å². The van der Waals surface area contributed by atoms with Crippen molar-refractivity contribution in [1.82, 2.24) is 20.1 Å². The normalized spacial score (nSPS) is 19.0. The number of hydrogen-bond donors (Lipinski definition) is 1. The second-order valence-corrected chi connectivity index (χ2v) is 9.60. The predicted octanol–water partition coefficient (Wildman–Crippen LogP) is 3.79. The fourth-order valence-corrected chi connectivity index (χ4v) is 4.36. The highest BCUT2D eigenvalue weighted by Gasteiger charge is 2.36. The van der Waals surface area contributed by atoms with Crippen LogP contribution in [0, 0.1) is 5.92 Å². The number of aromatic nitrogens is 1. The van der Waals surface area contributed by atoms with E-state index in [-0.39, 0.29) is 30.0 Å². The molecule has 10 heteroatoms. The molecule has 0 bridgehead atoms. The van der Waals surface area contributed by atoms with Crippen molar-refractivity contribution in [2.24, 2.45) is 5.92 Å². The summed E-state index contributed by atoms with van der Waals surface area (Å²) in [6.45, 7) is 2.10. The molecule has 37 heavy (non-hydrogen) atoms. The number of benzene rings is 1. The summed E-state index contributed by atoms with van der Waals surface area (Å²) in [5, 5.41) is 2.91. The van der Waals surface area contributed by atoms with Gasteiger partial charge in [0.25, 0.3) is 5.91 Å². The standard InChI is InChI=1S/C27H32F2N4O4/c1-4-33-15-19(18-10-11-23(37-27(28)29)24(13-18)36-16-17-8-9-17)12-22(33)25(34)30-14-20-6-5-7-21(31-20)26(35)32(2)3/h4-7,10-11,13,17,19,22,27H,1,8-9,12,14-16H2,2-3H3,(H,30,34)/t19?,22-/m1/s1. The number of ether oxygens (including phenoxy) is 2. The zero-order chi connectivity index (χ0) is 26.5. The molecular formula is C27H32F2N4O4. The number of likely N-dealkylation sites (tertiary alicyclic amines) is 1. The fraction of sp³-hybridized carbons (Fsp3) is 0.444. The largest absolute Gasteiger partial charge is 0.489 e. The molecule has 8 nitrogen and oxygen atoms in total. The Bertz CT molecular complexity index is 1140. The molecule has 4 rings (SSSR count). The summed E-state index contributed by atoms with van der Waals surface area (Å²) in [6.07, 6.45) is 4.30. The molecular weight excluding hydrogens is 482 g/mol. The van der Waals surface area contributed by atoms with E-state index in [0.717, 1.165) is 18.4 Å². The van der Waals surface area contributed by atoms with Crippen molar-refractivity contribution in [3.05, 3.63) is 66.1 Å². The third-order valence-corrected chi connectivity index (χ3v) is 6.58. The fourth-order valence-electron chi connectivity index (χ4n) is 4.36. The smallest absolute Gasteiger partial charge is 0.387 e. The third-order valence-electron chi connectivity index (χ3n) is 6.58. The minimum Gasteiger partial charge on any atom is -0.489 e. The van der Waals surface area contributed by atoms with Gasteiger partial charge in [-0.3, -0.25) is 9.59 Å². The number of pyridine rings is 1. The molecule has 198 valence electrons. The Labute approximate surface area is 215 Å². The maximum atomic E-state index is 13.1. The first-order valence-corrected chi connectivity index (χ1v) is 12.3. The lowest BCUT2D eigenvalue weighted by atomic mass is 9.95. The average Bonchev–Trinajstić information content (AvgIpc) is 3.61. The lowest BCUT2D eigenvalue weighted by Crippen LogP contribution is -2.40. The molecule has 1 aliphatic heterocycles. The van der Waals surface area contributed by atoms with E-state index < -0.39 is 12.7 Å². The summed E-state index contributed by atoms with van der Waals surface area (Å²) >= 11 is 0. The van der Waals surface area contributed by atoms with Gasteiger partial charge in [-0.2, -0.15) is 8.78 Å². The molecule has 2 aromatic rings. The Morgan fingerprint density at radius 1 is 1.24 bits per heavy atom. The van der Waals surface area contributed by atoms with Gasteiger partial charge in [-0.05, 0) is 61.2 Å². The van der Waals surface area contributed by atoms with E-state index in [1.54, 1.807) is 50.6 Å². The molecule has 2 heterocycles. The monoisotopic (exact) mass is 514 g/mol. The topological polar surface area (TPSA) is 84.0 Å². The SMILES string of the molecule is C=CN1CC(c2ccc(OC(F)F)c(OCC3CC3)c2)C[C@@H]1C(=O)NCc1cccc(C(=O)N(C)C)n1. The Hall–Kier alpha value is -3.69. The zero-order valence-electron chi connectivity index (χ0n) is 21.0. The van der Waals surface area contributed by atoms with Crippen LogP contribution in [0.2, 0.25) is 0 Å². The van der Waals surface area contributed by atoms with Crippen molar-refractivity contribution in [3.63, 3.8) is 0 Å². The Morgan fingerprint density at radius 3 is 2.70 bits per heavy atom. The van der Waals surface area contributed by atoms with E-state index >= 15 is 0 Å². The summed E-state index contributed by atoms with van der Waals surface area (Å²) in [5.41, 5.74) is 1.77. The average molecular weight is 515 g/mol.